The molecule has 3 amide bonds. The highest BCUT2D eigenvalue weighted by Crippen LogP contribution is 2.29. The molecule has 0 aromatic carbocycles. The van der Waals surface area contributed by atoms with Crippen LogP contribution in [-0.2, 0) is 19.6 Å². The molecule has 1 unspecified atom stereocenters. The van der Waals surface area contributed by atoms with Crippen LogP contribution in [0.25, 0.3) is 0 Å². The minimum absolute atomic E-state index is 0.0382. The van der Waals surface area contributed by atoms with Gasteiger partial charge >= 0.3 is 18.1 Å². The highest BCUT2D eigenvalue weighted by atomic mass is 32.2. The van der Waals surface area contributed by atoms with E-state index in [-0.39, 0.29) is 15.2 Å². The Kier molecular flexibility index (Phi) is 7.47. The van der Waals surface area contributed by atoms with Crippen LogP contribution in [-0.4, -0.2) is 63.9 Å². The standard InChI is InChI=1S/C14H19N7O7S3/c1-14(2,3)28-12(25)18-11-17-7(5-29-11)8(9(22)23)21(20-10(24)15-4)31(26,27)13-19-16-6-30-13/h5-6,8H,1-4H3,(H,22,23)(H2,15,20,24)(H,17,18,25). The second kappa shape index (κ2) is 9.50. The lowest BCUT2D eigenvalue weighted by Gasteiger charge is -2.25. The molecule has 2 rings (SSSR count). The van der Waals surface area contributed by atoms with Gasteiger partial charge in [0.1, 0.15) is 11.1 Å². The Labute approximate surface area is 184 Å². The number of sulfonamides is 1. The number of nitrogens with zero attached hydrogens (tertiary/aromatic N) is 4. The zero-order valence-electron chi connectivity index (χ0n) is 16.6. The third-order valence-electron chi connectivity index (χ3n) is 3.14. The predicted molar refractivity (Wildman–Crippen MR) is 109 cm³/mol. The Balaban J connectivity index is 2.41. The van der Waals surface area contributed by atoms with Crippen LogP contribution in [0.5, 0.6) is 0 Å². The van der Waals surface area contributed by atoms with E-state index >= 15 is 0 Å². The van der Waals surface area contributed by atoms with Gasteiger partial charge in [-0.25, -0.2) is 27.8 Å². The van der Waals surface area contributed by atoms with Crippen molar-refractivity contribution in [1.82, 2.24) is 30.3 Å². The molecule has 0 aliphatic carbocycles. The fraction of sp³-hybridized carbons (Fsp3) is 0.429. The maximum absolute atomic E-state index is 12.9. The first-order valence-corrected chi connectivity index (χ1v) is 11.5. The average molecular weight is 494 g/mol. The second-order valence-corrected chi connectivity index (χ2v) is 10.3. The first-order valence-electron chi connectivity index (χ1n) is 8.32. The molecule has 2 aromatic heterocycles. The van der Waals surface area contributed by atoms with Crippen LogP contribution in [0.3, 0.4) is 0 Å². The molecule has 0 bridgehead atoms. The van der Waals surface area contributed by atoms with Crippen molar-refractivity contribution in [3.05, 3.63) is 16.6 Å². The summed E-state index contributed by atoms with van der Waals surface area (Å²) < 4.78 is 30.6. The number of hydrazine groups is 1. The zero-order chi connectivity index (χ0) is 23.4. The predicted octanol–water partition coefficient (Wildman–Crippen LogP) is 1.00. The van der Waals surface area contributed by atoms with Crippen molar-refractivity contribution >= 4 is 55.9 Å². The molecule has 1 atom stereocenters. The first kappa shape index (κ1) is 24.4. The third kappa shape index (κ3) is 6.29. The average Bonchev–Trinajstić information content (AvgIpc) is 3.31. The Morgan fingerprint density at radius 2 is 1.94 bits per heavy atom. The number of thiazole rings is 1. The van der Waals surface area contributed by atoms with Gasteiger partial charge in [0, 0.05) is 12.4 Å². The third-order valence-corrected chi connectivity index (χ3v) is 6.66. The summed E-state index contributed by atoms with van der Waals surface area (Å²) in [5.74, 6) is -1.64. The fourth-order valence-electron chi connectivity index (χ4n) is 1.99. The molecule has 2 heterocycles. The van der Waals surface area contributed by atoms with E-state index in [1.54, 1.807) is 20.8 Å². The second-order valence-electron chi connectivity index (χ2n) is 6.64. The molecule has 0 spiro atoms. The topological polar surface area (TPSA) is 193 Å². The zero-order valence-corrected chi connectivity index (χ0v) is 19.1. The number of carboxylic acid groups (broad SMARTS) is 1. The Morgan fingerprint density at radius 1 is 1.26 bits per heavy atom. The van der Waals surface area contributed by atoms with Crippen LogP contribution < -0.4 is 16.1 Å². The van der Waals surface area contributed by atoms with Gasteiger partial charge in [-0.15, -0.1) is 21.5 Å². The highest BCUT2D eigenvalue weighted by molar-refractivity contribution is 7.91. The molecule has 0 radical (unpaired) electrons. The highest BCUT2D eigenvalue weighted by Gasteiger charge is 2.42. The molecule has 14 nitrogen and oxygen atoms in total. The largest absolute Gasteiger partial charge is 0.480 e. The van der Waals surface area contributed by atoms with Crippen molar-refractivity contribution in [3.63, 3.8) is 0 Å². The van der Waals surface area contributed by atoms with Gasteiger partial charge < -0.3 is 15.2 Å². The van der Waals surface area contributed by atoms with E-state index in [2.05, 4.69) is 25.8 Å². The van der Waals surface area contributed by atoms with Crippen LogP contribution >= 0.6 is 22.7 Å². The molecule has 0 aliphatic heterocycles. The van der Waals surface area contributed by atoms with Gasteiger partial charge in [-0.3, -0.25) is 10.7 Å². The van der Waals surface area contributed by atoms with Crippen molar-refractivity contribution < 1.29 is 32.6 Å². The summed E-state index contributed by atoms with van der Waals surface area (Å²) in [7, 11) is -3.40. The van der Waals surface area contributed by atoms with Crippen molar-refractivity contribution in [1.29, 1.82) is 0 Å². The van der Waals surface area contributed by atoms with Crippen molar-refractivity contribution in [2.75, 3.05) is 12.4 Å². The number of aliphatic carboxylic acids is 1. The van der Waals surface area contributed by atoms with Gasteiger partial charge in [0.2, 0.25) is 4.34 Å². The molecule has 4 N–H and O–H groups in total. The molecule has 0 saturated heterocycles. The van der Waals surface area contributed by atoms with E-state index in [4.69, 9.17) is 4.74 Å². The normalized spacial score (nSPS) is 12.8. The fourth-order valence-corrected chi connectivity index (χ4v) is 4.83. The van der Waals surface area contributed by atoms with E-state index < -0.39 is 44.1 Å². The lowest BCUT2D eigenvalue weighted by Crippen LogP contribution is -2.52. The maximum Gasteiger partial charge on any atom is 0.413 e. The molecular weight excluding hydrogens is 474 g/mol. The van der Waals surface area contributed by atoms with E-state index in [0.29, 0.717) is 11.3 Å². The molecule has 17 heteroatoms. The van der Waals surface area contributed by atoms with Crippen molar-refractivity contribution in [2.45, 2.75) is 36.8 Å². The van der Waals surface area contributed by atoms with E-state index in [1.165, 1.54) is 12.4 Å². The summed E-state index contributed by atoms with van der Waals surface area (Å²) in [6, 6.07) is -2.97. The number of anilines is 1. The summed E-state index contributed by atoms with van der Waals surface area (Å²) in [6.45, 7) is 4.96. The number of urea groups is 1. The minimum Gasteiger partial charge on any atom is -0.480 e. The maximum atomic E-state index is 12.9. The number of rotatable bonds is 7. The molecular formula is C14H19N7O7S3. The van der Waals surface area contributed by atoms with Gasteiger partial charge in [0.05, 0.1) is 5.69 Å². The number of aromatic nitrogens is 3. The van der Waals surface area contributed by atoms with Crippen molar-refractivity contribution in [3.8, 4) is 0 Å². The lowest BCUT2D eigenvalue weighted by molar-refractivity contribution is -0.142. The molecule has 170 valence electrons. The minimum atomic E-state index is -4.62. The number of hydrogen-bond donors (Lipinski definition) is 4. The summed E-state index contributed by atoms with van der Waals surface area (Å²) in [5.41, 5.74) is 2.04. The molecule has 2 aromatic rings. The number of carbonyl (C=O) groups excluding carboxylic acids is 2. The number of carbonyl (C=O) groups is 3. The van der Waals surface area contributed by atoms with E-state index in [1.807, 2.05) is 5.43 Å². The van der Waals surface area contributed by atoms with Crippen molar-refractivity contribution in [2.24, 2.45) is 0 Å². The number of amides is 3. The number of nitrogens with one attached hydrogen (secondary N) is 3. The van der Waals surface area contributed by atoms with E-state index in [0.717, 1.165) is 16.8 Å². The SMILES string of the molecule is CNC(=O)NN(C(C(=O)O)c1csc(NC(=O)OC(C)(C)C)n1)S(=O)(=O)c1nncs1. The monoisotopic (exact) mass is 493 g/mol. The Morgan fingerprint density at radius 3 is 2.45 bits per heavy atom. The molecule has 31 heavy (non-hydrogen) atoms. The van der Waals surface area contributed by atoms with Crippen LogP contribution in [0.4, 0.5) is 14.7 Å². The molecule has 0 aliphatic rings. The summed E-state index contributed by atoms with van der Waals surface area (Å²) in [5, 5.41) is 22.3. The Bertz CT molecular complexity index is 1050. The quantitative estimate of drug-likeness (QED) is 0.404. The van der Waals surface area contributed by atoms with Crippen LogP contribution in [0, 0.1) is 0 Å². The van der Waals surface area contributed by atoms with Crippen LogP contribution in [0.1, 0.15) is 32.5 Å². The molecule has 0 fully saturated rings. The number of ether oxygens (including phenoxy) is 1. The van der Waals surface area contributed by atoms with Gasteiger partial charge in [-0.1, -0.05) is 15.8 Å². The number of hydrogen-bond acceptors (Lipinski definition) is 11. The smallest absolute Gasteiger partial charge is 0.413 e. The van der Waals surface area contributed by atoms with Gasteiger partial charge in [-0.2, -0.15) is 0 Å². The van der Waals surface area contributed by atoms with Gasteiger partial charge in [0.25, 0.3) is 10.0 Å². The van der Waals surface area contributed by atoms with E-state index in [9.17, 15) is 27.9 Å². The van der Waals surface area contributed by atoms with Crippen LogP contribution in [0.2, 0.25) is 0 Å². The summed E-state index contributed by atoms with van der Waals surface area (Å²) >= 11 is 1.47. The van der Waals surface area contributed by atoms with Gasteiger partial charge in [-0.05, 0) is 20.8 Å². The first-order chi connectivity index (χ1) is 14.3. The van der Waals surface area contributed by atoms with Gasteiger partial charge in [0.15, 0.2) is 11.2 Å². The summed E-state index contributed by atoms with van der Waals surface area (Å²) in [4.78, 5) is 39.7. The number of carboxylic acids is 1. The summed E-state index contributed by atoms with van der Waals surface area (Å²) in [6.07, 6.45) is -0.831. The van der Waals surface area contributed by atoms with Crippen LogP contribution in [0.15, 0.2) is 15.2 Å². The lowest BCUT2D eigenvalue weighted by atomic mass is 10.2. The molecule has 0 saturated carbocycles. The Hall–Kier alpha value is -2.89.